The lowest BCUT2D eigenvalue weighted by Gasteiger charge is -2.33. The fourth-order valence-corrected chi connectivity index (χ4v) is 4.08. The molecule has 3 heterocycles. The van der Waals surface area contributed by atoms with Crippen LogP contribution < -0.4 is 0 Å². The molecule has 0 aliphatic carbocycles. The zero-order valence-electron chi connectivity index (χ0n) is 15.8. The number of urea groups is 1. The summed E-state index contributed by atoms with van der Waals surface area (Å²) in [6.45, 7) is 0.997. The summed E-state index contributed by atoms with van der Waals surface area (Å²) in [7, 11) is 0. The van der Waals surface area contributed by atoms with Crippen molar-refractivity contribution in [1.82, 2.24) is 19.8 Å². The lowest BCUT2D eigenvalue weighted by atomic mass is 9.90. The van der Waals surface area contributed by atoms with Gasteiger partial charge in [0, 0.05) is 26.2 Å². The van der Waals surface area contributed by atoms with E-state index in [4.69, 9.17) is 9.94 Å². The summed E-state index contributed by atoms with van der Waals surface area (Å²) in [5.41, 5.74) is 1.23. The Balaban J connectivity index is 1.35. The lowest BCUT2D eigenvalue weighted by Crippen LogP contribution is -2.54. The minimum absolute atomic E-state index is 0.0814. The first-order chi connectivity index (χ1) is 14.0. The number of carbonyl (C=O) groups excluding carboxylic acids is 3. The fraction of sp³-hybridized carbons (Fsp3) is 0.474. The zero-order chi connectivity index (χ0) is 20.5. The van der Waals surface area contributed by atoms with Gasteiger partial charge in [-0.05, 0) is 24.3 Å². The average molecular weight is 402 g/mol. The molecule has 3 aliphatic heterocycles. The van der Waals surface area contributed by atoms with E-state index in [1.54, 1.807) is 0 Å². The molecule has 5 amide bonds. The van der Waals surface area contributed by atoms with Crippen molar-refractivity contribution in [3.63, 3.8) is 0 Å². The first-order valence-corrected chi connectivity index (χ1v) is 9.60. The van der Waals surface area contributed by atoms with Gasteiger partial charge in [0.25, 0.3) is 5.91 Å². The minimum atomic E-state index is -1.15. The summed E-state index contributed by atoms with van der Waals surface area (Å²) in [5.74, 6) is -0.361. The fourth-order valence-electron chi connectivity index (χ4n) is 4.08. The number of hydroxylamine groups is 2. The maximum absolute atomic E-state index is 12.5. The van der Waals surface area contributed by atoms with Crippen LogP contribution in [0.1, 0.15) is 24.3 Å². The Morgan fingerprint density at radius 1 is 0.966 bits per heavy atom. The molecule has 1 atom stereocenters. The van der Waals surface area contributed by atoms with E-state index in [1.165, 1.54) is 15.4 Å². The Morgan fingerprint density at radius 3 is 2.31 bits per heavy atom. The maximum atomic E-state index is 12.5. The molecule has 10 nitrogen and oxygen atoms in total. The summed E-state index contributed by atoms with van der Waals surface area (Å²) >= 11 is 0. The molecular formula is C19H22N4O6. The van der Waals surface area contributed by atoms with E-state index in [0.717, 1.165) is 17.7 Å². The van der Waals surface area contributed by atoms with Gasteiger partial charge in [0.1, 0.15) is 6.04 Å². The topological polar surface area (TPSA) is 111 Å². The minimum Gasteiger partial charge on any atom is -0.465 e. The summed E-state index contributed by atoms with van der Waals surface area (Å²) in [4.78, 5) is 57.5. The van der Waals surface area contributed by atoms with E-state index in [1.807, 2.05) is 18.2 Å². The smallest absolute Gasteiger partial charge is 0.434 e. The van der Waals surface area contributed by atoms with E-state index in [0.29, 0.717) is 24.1 Å². The first kappa shape index (κ1) is 19.0. The predicted molar refractivity (Wildman–Crippen MR) is 98.8 cm³/mol. The highest BCUT2D eigenvalue weighted by molar-refractivity contribution is 6.04. The van der Waals surface area contributed by atoms with Crippen molar-refractivity contribution in [2.45, 2.75) is 24.8 Å². The van der Waals surface area contributed by atoms with Crippen LogP contribution in [0.4, 0.5) is 14.4 Å². The number of benzene rings is 1. The number of likely N-dealkylation sites (tertiary alicyclic amines) is 1. The van der Waals surface area contributed by atoms with Gasteiger partial charge >= 0.3 is 18.2 Å². The SMILES string of the molecule is O=C(O)N1CCN2C(=O)N(OC(=O)N3CCC(c4ccccc4)CC3)C(=O)C2C1. The maximum Gasteiger partial charge on any atom is 0.434 e. The molecule has 154 valence electrons. The van der Waals surface area contributed by atoms with Crippen molar-refractivity contribution < 1.29 is 29.1 Å². The second kappa shape index (κ2) is 7.61. The molecule has 1 aromatic carbocycles. The highest BCUT2D eigenvalue weighted by Gasteiger charge is 2.51. The number of hydrogen-bond acceptors (Lipinski definition) is 5. The molecule has 10 heteroatoms. The second-order valence-corrected chi connectivity index (χ2v) is 7.38. The number of piperidine rings is 1. The Bertz CT molecular complexity index is 823. The van der Waals surface area contributed by atoms with Crippen LogP contribution in [0.2, 0.25) is 0 Å². The van der Waals surface area contributed by atoms with Crippen molar-refractivity contribution in [1.29, 1.82) is 0 Å². The Kier molecular flexibility index (Phi) is 4.99. The summed E-state index contributed by atoms with van der Waals surface area (Å²) in [5, 5.41) is 9.58. The molecule has 1 unspecified atom stereocenters. The van der Waals surface area contributed by atoms with Gasteiger partial charge in [0.05, 0.1) is 6.54 Å². The first-order valence-electron chi connectivity index (χ1n) is 9.60. The van der Waals surface area contributed by atoms with Crippen LogP contribution in [-0.2, 0) is 9.63 Å². The van der Waals surface area contributed by atoms with Crippen LogP contribution in [-0.4, -0.2) is 87.8 Å². The summed E-state index contributed by atoms with van der Waals surface area (Å²) < 4.78 is 0. The Hall–Kier alpha value is -3.30. The van der Waals surface area contributed by atoms with Crippen LogP contribution in [0.3, 0.4) is 0 Å². The molecule has 0 bridgehead atoms. The van der Waals surface area contributed by atoms with Gasteiger partial charge in [-0.2, -0.15) is 0 Å². The van der Waals surface area contributed by atoms with E-state index in [2.05, 4.69) is 12.1 Å². The van der Waals surface area contributed by atoms with Crippen LogP contribution in [0, 0.1) is 0 Å². The molecule has 1 aromatic rings. The molecule has 0 saturated carbocycles. The number of amides is 5. The van der Waals surface area contributed by atoms with Gasteiger partial charge in [-0.1, -0.05) is 35.4 Å². The lowest BCUT2D eigenvalue weighted by molar-refractivity contribution is -0.152. The van der Waals surface area contributed by atoms with E-state index in [9.17, 15) is 19.2 Å². The molecule has 1 N–H and O–H groups in total. The molecule has 4 rings (SSSR count). The third-order valence-electron chi connectivity index (χ3n) is 5.75. The number of piperazine rings is 1. The van der Waals surface area contributed by atoms with Crippen LogP contribution in [0.5, 0.6) is 0 Å². The third kappa shape index (κ3) is 3.57. The molecule has 0 spiro atoms. The second-order valence-electron chi connectivity index (χ2n) is 7.38. The molecule has 0 radical (unpaired) electrons. The number of imide groups is 1. The van der Waals surface area contributed by atoms with E-state index in [-0.39, 0.29) is 19.6 Å². The van der Waals surface area contributed by atoms with Gasteiger partial charge in [-0.25, -0.2) is 14.4 Å². The number of carbonyl (C=O) groups is 4. The number of carboxylic acid groups (broad SMARTS) is 1. The Morgan fingerprint density at radius 2 is 1.66 bits per heavy atom. The van der Waals surface area contributed by atoms with E-state index >= 15 is 0 Å². The average Bonchev–Trinajstić information content (AvgIpc) is 2.98. The standard InChI is InChI=1S/C19H22N4O6/c24-16-15-12-21(18(26)27)10-11-22(15)17(25)23(16)29-19(28)20-8-6-14(7-9-20)13-4-2-1-3-5-13/h1-5,14-15H,6-12H2,(H,26,27). The largest absolute Gasteiger partial charge is 0.465 e. The summed E-state index contributed by atoms with van der Waals surface area (Å²) in [6, 6.07) is 8.39. The highest BCUT2D eigenvalue weighted by Crippen LogP contribution is 2.29. The summed E-state index contributed by atoms with van der Waals surface area (Å²) in [6.07, 6.45) is -0.359. The highest BCUT2D eigenvalue weighted by atomic mass is 16.7. The van der Waals surface area contributed by atoms with Gasteiger partial charge in [0.2, 0.25) is 0 Å². The molecule has 0 aromatic heterocycles. The van der Waals surface area contributed by atoms with Gasteiger partial charge in [-0.15, -0.1) is 0 Å². The Labute approximate surface area is 167 Å². The van der Waals surface area contributed by atoms with Crippen molar-refractivity contribution in [3.05, 3.63) is 35.9 Å². The molecular weight excluding hydrogens is 380 g/mol. The van der Waals surface area contributed by atoms with Crippen LogP contribution in [0.15, 0.2) is 30.3 Å². The van der Waals surface area contributed by atoms with Gasteiger partial charge < -0.3 is 24.6 Å². The van der Waals surface area contributed by atoms with Crippen LogP contribution in [0.25, 0.3) is 0 Å². The van der Waals surface area contributed by atoms with Crippen molar-refractivity contribution >= 4 is 24.1 Å². The third-order valence-corrected chi connectivity index (χ3v) is 5.75. The molecule has 3 saturated heterocycles. The van der Waals surface area contributed by atoms with Crippen LogP contribution >= 0.6 is 0 Å². The van der Waals surface area contributed by atoms with Crippen molar-refractivity contribution in [3.8, 4) is 0 Å². The molecule has 3 aliphatic rings. The normalized spacial score (nSPS) is 22.7. The molecule has 3 fully saturated rings. The zero-order valence-corrected chi connectivity index (χ0v) is 15.8. The monoisotopic (exact) mass is 402 g/mol. The number of fused-ring (bicyclic) bond motifs is 1. The predicted octanol–water partition coefficient (Wildman–Crippen LogP) is 1.54. The van der Waals surface area contributed by atoms with Crippen molar-refractivity contribution in [2.24, 2.45) is 0 Å². The van der Waals surface area contributed by atoms with Gasteiger partial charge in [0.15, 0.2) is 0 Å². The van der Waals surface area contributed by atoms with E-state index < -0.39 is 30.2 Å². The number of hydrogen-bond donors (Lipinski definition) is 1. The number of nitrogens with zero attached hydrogens (tertiary/aromatic N) is 4. The molecule has 29 heavy (non-hydrogen) atoms. The van der Waals surface area contributed by atoms with Gasteiger partial charge in [-0.3, -0.25) is 4.79 Å². The quantitative estimate of drug-likeness (QED) is 0.752. The number of rotatable bonds is 2. The van der Waals surface area contributed by atoms with Crippen molar-refractivity contribution in [2.75, 3.05) is 32.7 Å².